The Morgan fingerprint density at radius 2 is 2.10 bits per heavy atom. The van der Waals surface area contributed by atoms with Gasteiger partial charge >= 0.3 is 0 Å². The summed E-state index contributed by atoms with van der Waals surface area (Å²) in [4.78, 5) is 11.0. The molecule has 1 saturated carbocycles. The predicted octanol–water partition coefficient (Wildman–Crippen LogP) is 0.502. The molecule has 0 atom stereocenters. The lowest BCUT2D eigenvalue weighted by Gasteiger charge is -2.09. The Morgan fingerprint density at radius 3 is 2.71 bits per heavy atom. The van der Waals surface area contributed by atoms with Gasteiger partial charge in [-0.05, 0) is 25.0 Å². The quantitative estimate of drug-likeness (QED) is 0.747. The van der Waals surface area contributed by atoms with Gasteiger partial charge in [0.05, 0.1) is 0 Å². The molecular weight excluding hydrogens is 297 g/mol. The molecule has 21 heavy (non-hydrogen) atoms. The molecule has 1 amide bonds. The number of hydrogen-bond donors (Lipinski definition) is 2. The van der Waals surface area contributed by atoms with Crippen molar-refractivity contribution in [3.05, 3.63) is 29.6 Å². The summed E-state index contributed by atoms with van der Waals surface area (Å²) in [6, 6.07) is 4.94. The summed E-state index contributed by atoms with van der Waals surface area (Å²) in [5.41, 5.74) is -0.521. The Balaban J connectivity index is 1.97. The highest BCUT2D eigenvalue weighted by atomic mass is 32.2. The maximum absolute atomic E-state index is 13.4. The van der Waals surface area contributed by atoms with Gasteiger partial charge in [0.25, 0.3) is 0 Å². The largest absolute Gasteiger partial charge is 0.355 e. The summed E-state index contributed by atoms with van der Waals surface area (Å²) in [5.74, 6) is -0.921. The van der Waals surface area contributed by atoms with Crippen LogP contribution in [0.5, 0.6) is 0 Å². The second-order valence-corrected chi connectivity index (χ2v) is 6.42. The van der Waals surface area contributed by atoms with E-state index in [4.69, 9.17) is 5.26 Å². The maximum Gasteiger partial charge on any atom is 0.242 e. The van der Waals surface area contributed by atoms with Crippen molar-refractivity contribution in [1.82, 2.24) is 10.0 Å². The number of hydrogen-bond acceptors (Lipinski definition) is 4. The van der Waals surface area contributed by atoms with Crippen molar-refractivity contribution in [3.63, 3.8) is 0 Å². The van der Waals surface area contributed by atoms with E-state index < -0.39 is 26.3 Å². The average molecular weight is 311 g/mol. The van der Waals surface area contributed by atoms with Crippen LogP contribution in [0.4, 0.5) is 4.39 Å². The summed E-state index contributed by atoms with van der Waals surface area (Å²) in [6.45, 7) is 0.119. The normalized spacial score (nSPS) is 14.5. The van der Waals surface area contributed by atoms with Crippen LogP contribution in [0.15, 0.2) is 23.1 Å². The van der Waals surface area contributed by atoms with Crippen LogP contribution in [-0.2, 0) is 14.8 Å². The Morgan fingerprint density at radius 1 is 1.38 bits per heavy atom. The Labute approximate surface area is 122 Å². The number of nitriles is 1. The molecule has 0 saturated heterocycles. The summed E-state index contributed by atoms with van der Waals surface area (Å²) >= 11 is 0. The molecule has 1 fully saturated rings. The van der Waals surface area contributed by atoms with Gasteiger partial charge in [-0.3, -0.25) is 4.79 Å². The van der Waals surface area contributed by atoms with Crippen molar-refractivity contribution in [3.8, 4) is 6.07 Å². The van der Waals surface area contributed by atoms with E-state index in [9.17, 15) is 17.6 Å². The Bertz CT molecular complexity index is 693. The summed E-state index contributed by atoms with van der Waals surface area (Å²) in [7, 11) is -3.99. The van der Waals surface area contributed by atoms with Gasteiger partial charge in [-0.2, -0.15) is 5.26 Å². The molecule has 0 spiro atoms. The standard InChI is InChI=1S/C13H14FN3O3S/c14-11-2-1-3-12(10(11)8-15)21(19,20)17-7-6-16-13(18)9-4-5-9/h1-3,9,17H,4-7H2,(H,16,18). The van der Waals surface area contributed by atoms with Crippen molar-refractivity contribution in [2.45, 2.75) is 17.7 Å². The van der Waals surface area contributed by atoms with Gasteiger partial charge in [0.15, 0.2) is 0 Å². The average Bonchev–Trinajstić information content (AvgIpc) is 3.27. The number of sulfonamides is 1. The molecule has 0 heterocycles. The molecule has 0 aliphatic heterocycles. The summed E-state index contributed by atoms with van der Waals surface area (Å²) < 4.78 is 39.7. The van der Waals surface area contributed by atoms with Crippen molar-refractivity contribution < 1.29 is 17.6 Å². The van der Waals surface area contributed by atoms with Crippen LogP contribution in [0.3, 0.4) is 0 Å². The monoisotopic (exact) mass is 311 g/mol. The van der Waals surface area contributed by atoms with E-state index in [0.29, 0.717) is 0 Å². The van der Waals surface area contributed by atoms with Crippen LogP contribution in [0.2, 0.25) is 0 Å². The molecule has 1 aliphatic carbocycles. The highest BCUT2D eigenvalue weighted by Crippen LogP contribution is 2.28. The lowest BCUT2D eigenvalue weighted by molar-refractivity contribution is -0.122. The van der Waals surface area contributed by atoms with E-state index in [1.165, 1.54) is 12.1 Å². The van der Waals surface area contributed by atoms with Crippen molar-refractivity contribution in [1.29, 1.82) is 5.26 Å². The van der Waals surface area contributed by atoms with Gasteiger partial charge in [0.2, 0.25) is 15.9 Å². The van der Waals surface area contributed by atoms with E-state index >= 15 is 0 Å². The molecule has 1 aliphatic rings. The molecule has 1 aromatic rings. The minimum absolute atomic E-state index is 0.0256. The highest BCUT2D eigenvalue weighted by Gasteiger charge is 2.29. The highest BCUT2D eigenvalue weighted by molar-refractivity contribution is 7.89. The lowest BCUT2D eigenvalue weighted by Crippen LogP contribution is -2.35. The summed E-state index contributed by atoms with van der Waals surface area (Å²) in [5, 5.41) is 11.4. The molecule has 0 radical (unpaired) electrons. The molecule has 0 bridgehead atoms. The third-order valence-corrected chi connectivity index (χ3v) is 4.54. The molecule has 8 heteroatoms. The second kappa shape index (κ2) is 6.20. The van der Waals surface area contributed by atoms with Crippen molar-refractivity contribution in [2.75, 3.05) is 13.1 Å². The fraction of sp³-hybridized carbons (Fsp3) is 0.385. The Kier molecular flexibility index (Phi) is 4.55. The number of carbonyl (C=O) groups excluding carboxylic acids is 1. The van der Waals surface area contributed by atoms with E-state index in [-0.39, 0.29) is 24.9 Å². The minimum atomic E-state index is -3.99. The second-order valence-electron chi connectivity index (χ2n) is 4.69. The first-order chi connectivity index (χ1) is 9.95. The van der Waals surface area contributed by atoms with Crippen molar-refractivity contribution in [2.24, 2.45) is 5.92 Å². The number of carbonyl (C=O) groups is 1. The van der Waals surface area contributed by atoms with Crippen LogP contribution in [-0.4, -0.2) is 27.4 Å². The molecule has 2 N–H and O–H groups in total. The topological polar surface area (TPSA) is 99.1 Å². The van der Waals surface area contributed by atoms with Gasteiger partial charge in [0, 0.05) is 19.0 Å². The van der Waals surface area contributed by atoms with Gasteiger partial charge in [-0.1, -0.05) is 6.07 Å². The molecule has 0 aromatic heterocycles. The number of nitrogens with one attached hydrogen (secondary N) is 2. The maximum atomic E-state index is 13.4. The number of benzene rings is 1. The molecule has 6 nitrogen and oxygen atoms in total. The SMILES string of the molecule is N#Cc1c(F)cccc1S(=O)(=O)NCCNC(=O)C1CC1. The van der Waals surface area contributed by atoms with Gasteiger partial charge in [-0.15, -0.1) is 0 Å². The third kappa shape index (κ3) is 3.77. The molecule has 2 rings (SSSR count). The molecule has 112 valence electrons. The minimum Gasteiger partial charge on any atom is -0.355 e. The van der Waals surface area contributed by atoms with Crippen LogP contribution in [0.1, 0.15) is 18.4 Å². The molecule has 0 unspecified atom stereocenters. The third-order valence-electron chi connectivity index (χ3n) is 3.04. The Hall–Kier alpha value is -1.98. The van der Waals surface area contributed by atoms with Gasteiger partial charge < -0.3 is 5.32 Å². The zero-order valence-corrected chi connectivity index (χ0v) is 11.9. The zero-order valence-electron chi connectivity index (χ0n) is 11.1. The van der Waals surface area contributed by atoms with Gasteiger partial charge in [0.1, 0.15) is 22.3 Å². The van der Waals surface area contributed by atoms with Crippen LogP contribution < -0.4 is 10.0 Å². The number of halogens is 1. The fourth-order valence-corrected chi connectivity index (χ4v) is 2.97. The van der Waals surface area contributed by atoms with Crippen molar-refractivity contribution >= 4 is 15.9 Å². The van der Waals surface area contributed by atoms with E-state index in [0.717, 1.165) is 25.0 Å². The van der Waals surface area contributed by atoms with Crippen LogP contribution >= 0.6 is 0 Å². The smallest absolute Gasteiger partial charge is 0.242 e. The number of nitrogens with zero attached hydrogens (tertiary/aromatic N) is 1. The first kappa shape index (κ1) is 15.4. The molecule has 1 aromatic carbocycles. The first-order valence-electron chi connectivity index (χ1n) is 6.41. The van der Waals surface area contributed by atoms with Crippen LogP contribution in [0, 0.1) is 23.1 Å². The summed E-state index contributed by atoms with van der Waals surface area (Å²) in [6.07, 6.45) is 1.73. The van der Waals surface area contributed by atoms with E-state index in [2.05, 4.69) is 10.0 Å². The lowest BCUT2D eigenvalue weighted by atomic mass is 10.2. The molecular formula is C13H14FN3O3S. The number of rotatable bonds is 6. The predicted molar refractivity (Wildman–Crippen MR) is 72.0 cm³/mol. The zero-order chi connectivity index (χ0) is 15.5. The van der Waals surface area contributed by atoms with Crippen LogP contribution in [0.25, 0.3) is 0 Å². The van der Waals surface area contributed by atoms with E-state index in [1.54, 1.807) is 0 Å². The van der Waals surface area contributed by atoms with E-state index in [1.807, 2.05) is 0 Å². The number of amides is 1. The fourth-order valence-electron chi connectivity index (χ4n) is 1.78. The van der Waals surface area contributed by atoms with Gasteiger partial charge in [-0.25, -0.2) is 17.5 Å². The first-order valence-corrected chi connectivity index (χ1v) is 7.90.